The summed E-state index contributed by atoms with van der Waals surface area (Å²) in [6.07, 6.45) is 6.31. The van der Waals surface area contributed by atoms with E-state index < -0.39 is 0 Å². The van der Waals surface area contributed by atoms with Gasteiger partial charge in [0.1, 0.15) is 5.52 Å². The van der Waals surface area contributed by atoms with Crippen LogP contribution < -0.4 is 5.32 Å². The summed E-state index contributed by atoms with van der Waals surface area (Å²) in [7, 11) is 0. The molecule has 0 saturated heterocycles. The molecule has 3 fully saturated rings. The van der Waals surface area contributed by atoms with Gasteiger partial charge in [-0.25, -0.2) is 4.52 Å². The summed E-state index contributed by atoms with van der Waals surface area (Å²) in [5.41, 5.74) is 0.834. The Kier molecular flexibility index (Phi) is 4.62. The summed E-state index contributed by atoms with van der Waals surface area (Å²) >= 11 is 9.55. The average molecular weight is 428 g/mol. The highest BCUT2D eigenvalue weighted by Gasteiger charge is 2.48. The van der Waals surface area contributed by atoms with E-state index in [1.165, 1.54) is 0 Å². The molecule has 0 spiro atoms. The second kappa shape index (κ2) is 6.76. The lowest BCUT2D eigenvalue weighted by Gasteiger charge is -2.47. The highest BCUT2D eigenvalue weighted by Crippen LogP contribution is 2.47. The minimum Gasteiger partial charge on any atom is -0.466 e. The van der Waals surface area contributed by atoms with Crippen molar-refractivity contribution < 1.29 is 9.53 Å². The zero-order valence-corrected chi connectivity index (χ0v) is 16.3. The van der Waals surface area contributed by atoms with Crippen molar-refractivity contribution in [3.05, 3.63) is 22.0 Å². The fourth-order valence-corrected chi connectivity index (χ4v) is 5.02. The van der Waals surface area contributed by atoms with Gasteiger partial charge < -0.3 is 10.1 Å². The number of aromatic nitrogens is 3. The Morgan fingerprint density at radius 1 is 1.40 bits per heavy atom. The molecule has 0 radical (unpaired) electrons. The number of nitrogens with one attached hydrogen (secondary N) is 1. The molecule has 2 aromatic heterocycles. The Balaban J connectivity index is 1.69. The summed E-state index contributed by atoms with van der Waals surface area (Å²) in [5.74, 6) is 1.28. The molecule has 134 valence electrons. The van der Waals surface area contributed by atoms with Crippen LogP contribution in [0.5, 0.6) is 0 Å². The van der Waals surface area contributed by atoms with Gasteiger partial charge in [0.15, 0.2) is 5.82 Å². The number of rotatable bonds is 4. The first kappa shape index (κ1) is 17.1. The molecular formula is C17H20BrClN4O2. The van der Waals surface area contributed by atoms with Crippen molar-refractivity contribution in [3.63, 3.8) is 0 Å². The predicted octanol–water partition coefficient (Wildman–Crippen LogP) is 3.93. The molecule has 0 aliphatic heterocycles. The Morgan fingerprint density at radius 3 is 2.84 bits per heavy atom. The van der Waals surface area contributed by atoms with Gasteiger partial charge in [-0.05, 0) is 78.0 Å². The molecule has 0 unspecified atom stereocenters. The zero-order valence-electron chi connectivity index (χ0n) is 13.9. The number of esters is 1. The summed E-state index contributed by atoms with van der Waals surface area (Å²) in [6, 6.07) is 1.97. The SMILES string of the molecule is CCOC(=O)[C@H]1[C@H]2CC[C@H](CC2)[C@@H]1Nc1nc(Cl)nn2cc(Br)cc12. The van der Waals surface area contributed by atoms with Gasteiger partial charge in [0.05, 0.1) is 12.5 Å². The van der Waals surface area contributed by atoms with Crippen LogP contribution in [0, 0.1) is 17.8 Å². The fourth-order valence-electron chi connectivity index (χ4n) is 4.44. The van der Waals surface area contributed by atoms with Gasteiger partial charge in [-0.3, -0.25) is 4.79 Å². The number of halogens is 2. The lowest BCUT2D eigenvalue weighted by molar-refractivity contribution is -0.154. The Morgan fingerprint density at radius 2 is 2.12 bits per heavy atom. The second-order valence-corrected chi connectivity index (χ2v) is 8.09. The minimum atomic E-state index is -0.125. The smallest absolute Gasteiger partial charge is 0.311 e. The van der Waals surface area contributed by atoms with E-state index >= 15 is 0 Å². The third kappa shape index (κ3) is 3.12. The molecule has 2 bridgehead atoms. The van der Waals surface area contributed by atoms with Crippen LogP contribution in [0.15, 0.2) is 16.7 Å². The molecule has 3 saturated carbocycles. The van der Waals surface area contributed by atoms with E-state index in [2.05, 4.69) is 31.3 Å². The first-order chi connectivity index (χ1) is 12.1. The highest BCUT2D eigenvalue weighted by atomic mass is 79.9. The minimum absolute atomic E-state index is 0.0231. The van der Waals surface area contributed by atoms with Crippen LogP contribution in [-0.4, -0.2) is 33.2 Å². The molecule has 0 aromatic carbocycles. The van der Waals surface area contributed by atoms with E-state index in [1.807, 2.05) is 19.2 Å². The molecule has 1 N–H and O–H groups in total. The van der Waals surface area contributed by atoms with Gasteiger partial charge in [0.25, 0.3) is 0 Å². The van der Waals surface area contributed by atoms with E-state index in [-0.39, 0.29) is 23.2 Å². The molecule has 2 atom stereocenters. The first-order valence-electron chi connectivity index (χ1n) is 8.71. The van der Waals surface area contributed by atoms with Crippen LogP contribution in [0.3, 0.4) is 0 Å². The molecule has 5 rings (SSSR count). The Hall–Kier alpha value is -1.34. The van der Waals surface area contributed by atoms with Gasteiger partial charge in [-0.1, -0.05) is 0 Å². The molecule has 6 nitrogen and oxygen atoms in total. The number of fused-ring (bicyclic) bond motifs is 4. The van der Waals surface area contributed by atoms with Gasteiger partial charge in [0, 0.05) is 16.7 Å². The van der Waals surface area contributed by atoms with Gasteiger partial charge in [0.2, 0.25) is 5.28 Å². The number of hydrogen-bond acceptors (Lipinski definition) is 5. The lowest BCUT2D eigenvalue weighted by atomic mass is 9.61. The number of nitrogens with zero attached hydrogens (tertiary/aromatic N) is 3. The average Bonchev–Trinajstić information content (AvgIpc) is 2.96. The lowest BCUT2D eigenvalue weighted by Crippen LogP contribution is -2.52. The second-order valence-electron chi connectivity index (χ2n) is 6.84. The molecule has 8 heteroatoms. The molecule has 3 aliphatic rings. The van der Waals surface area contributed by atoms with Crippen LogP contribution in [-0.2, 0) is 9.53 Å². The molecular weight excluding hydrogens is 408 g/mol. The fraction of sp³-hybridized carbons (Fsp3) is 0.588. The predicted molar refractivity (Wildman–Crippen MR) is 98.7 cm³/mol. The van der Waals surface area contributed by atoms with Gasteiger partial charge in [-0.2, -0.15) is 4.98 Å². The van der Waals surface area contributed by atoms with Crippen LogP contribution >= 0.6 is 27.5 Å². The molecule has 25 heavy (non-hydrogen) atoms. The van der Waals surface area contributed by atoms with E-state index in [0.29, 0.717) is 24.3 Å². The summed E-state index contributed by atoms with van der Waals surface area (Å²) < 4.78 is 7.97. The Bertz CT molecular complexity index is 803. The third-order valence-corrected chi connectivity index (χ3v) is 6.08. The van der Waals surface area contributed by atoms with E-state index in [1.54, 1.807) is 4.52 Å². The van der Waals surface area contributed by atoms with E-state index in [0.717, 1.165) is 35.7 Å². The highest BCUT2D eigenvalue weighted by molar-refractivity contribution is 9.10. The molecule has 0 amide bonds. The van der Waals surface area contributed by atoms with Gasteiger partial charge in [-0.15, -0.1) is 5.10 Å². The Labute approximate surface area is 159 Å². The van der Waals surface area contributed by atoms with Crippen molar-refractivity contribution in [1.29, 1.82) is 0 Å². The maximum Gasteiger partial charge on any atom is 0.311 e. The molecule has 2 aromatic rings. The van der Waals surface area contributed by atoms with Crippen molar-refractivity contribution in [2.24, 2.45) is 17.8 Å². The third-order valence-electron chi connectivity index (χ3n) is 5.49. The number of hydrogen-bond donors (Lipinski definition) is 1. The largest absolute Gasteiger partial charge is 0.466 e. The maximum atomic E-state index is 12.6. The van der Waals surface area contributed by atoms with Crippen LogP contribution in [0.25, 0.3) is 5.52 Å². The summed E-state index contributed by atoms with van der Waals surface area (Å²) in [4.78, 5) is 17.0. The van der Waals surface area contributed by atoms with Crippen molar-refractivity contribution >= 4 is 44.8 Å². The zero-order chi connectivity index (χ0) is 17.6. The van der Waals surface area contributed by atoms with E-state index in [9.17, 15) is 4.79 Å². The van der Waals surface area contributed by atoms with Crippen molar-refractivity contribution in [3.8, 4) is 0 Å². The van der Waals surface area contributed by atoms with Crippen LogP contribution in [0.1, 0.15) is 32.6 Å². The first-order valence-corrected chi connectivity index (χ1v) is 9.88. The molecule has 3 aliphatic carbocycles. The maximum absolute atomic E-state index is 12.6. The van der Waals surface area contributed by atoms with Crippen molar-refractivity contribution in [2.75, 3.05) is 11.9 Å². The van der Waals surface area contributed by atoms with Crippen molar-refractivity contribution in [2.45, 2.75) is 38.6 Å². The van der Waals surface area contributed by atoms with Crippen LogP contribution in [0.2, 0.25) is 5.28 Å². The number of ether oxygens (including phenoxy) is 1. The molecule has 2 heterocycles. The van der Waals surface area contributed by atoms with Crippen LogP contribution in [0.4, 0.5) is 5.82 Å². The quantitative estimate of drug-likeness (QED) is 0.749. The number of carbonyl (C=O) groups is 1. The van der Waals surface area contributed by atoms with Crippen molar-refractivity contribution in [1.82, 2.24) is 14.6 Å². The monoisotopic (exact) mass is 426 g/mol. The topological polar surface area (TPSA) is 68.5 Å². The summed E-state index contributed by atoms with van der Waals surface area (Å²) in [6.45, 7) is 2.27. The number of carbonyl (C=O) groups excluding carboxylic acids is 1. The number of anilines is 1. The van der Waals surface area contributed by atoms with E-state index in [4.69, 9.17) is 16.3 Å². The normalized spacial score (nSPS) is 28.3. The van der Waals surface area contributed by atoms with Gasteiger partial charge >= 0.3 is 5.97 Å². The standard InChI is InChI=1S/C17H20BrClN4O2/c1-2-25-16(24)13-9-3-5-10(6-4-9)14(13)20-15-12-7-11(18)8-23(12)22-17(19)21-15/h7-10,13-14H,2-6H2,1H3,(H,20,21,22)/t9-,10+,13-,14-/m0/s1. The summed E-state index contributed by atoms with van der Waals surface area (Å²) in [5, 5.41) is 7.88.